The summed E-state index contributed by atoms with van der Waals surface area (Å²) < 4.78 is 10.5. The molecule has 0 aliphatic heterocycles. The number of methoxy groups -OCH3 is 2. The molecular weight excluding hydrogens is 270 g/mol. The second-order valence-electron chi connectivity index (χ2n) is 4.40. The molecule has 0 unspecified atom stereocenters. The summed E-state index contributed by atoms with van der Waals surface area (Å²) in [6.45, 7) is 0.412. The average Bonchev–Trinajstić information content (AvgIpc) is 2.56. The van der Waals surface area contributed by atoms with Gasteiger partial charge in [0.15, 0.2) is 0 Å². The van der Waals surface area contributed by atoms with Crippen molar-refractivity contribution in [1.29, 1.82) is 0 Å². The molecule has 1 atom stereocenters. The number of benzene rings is 1. The first-order valence-electron chi connectivity index (χ1n) is 6.61. The van der Waals surface area contributed by atoms with E-state index in [1.165, 1.54) is 6.33 Å². The van der Waals surface area contributed by atoms with Crippen molar-refractivity contribution < 1.29 is 14.6 Å². The maximum Gasteiger partial charge on any atom is 0.224 e. The highest BCUT2D eigenvalue weighted by atomic mass is 16.5. The van der Waals surface area contributed by atoms with Gasteiger partial charge in [0.1, 0.15) is 6.33 Å². The van der Waals surface area contributed by atoms with Crippen LogP contribution in [0.2, 0.25) is 0 Å². The van der Waals surface area contributed by atoms with Crippen molar-refractivity contribution >= 4 is 0 Å². The van der Waals surface area contributed by atoms with Gasteiger partial charge in [-0.15, -0.1) is 0 Å². The standard InChI is InChI=1S/C15H19N3O3/c1-20-14-12(15(21-2)18-10-17-14)8-16-13(9-19)11-6-4-3-5-7-11/h3-7,10,13,16,19H,8-9H2,1-2H3/t13-/m1/s1. The van der Waals surface area contributed by atoms with Crippen molar-refractivity contribution in [3.63, 3.8) is 0 Å². The van der Waals surface area contributed by atoms with Crippen molar-refractivity contribution in [3.8, 4) is 11.8 Å². The summed E-state index contributed by atoms with van der Waals surface area (Å²) in [5, 5.41) is 12.8. The van der Waals surface area contributed by atoms with Crippen LogP contribution in [-0.4, -0.2) is 35.9 Å². The van der Waals surface area contributed by atoms with Crippen LogP contribution in [-0.2, 0) is 6.54 Å². The highest BCUT2D eigenvalue weighted by Crippen LogP contribution is 2.24. The molecule has 112 valence electrons. The van der Waals surface area contributed by atoms with Crippen LogP contribution in [0.15, 0.2) is 36.7 Å². The summed E-state index contributed by atoms with van der Waals surface area (Å²) in [7, 11) is 3.10. The largest absolute Gasteiger partial charge is 0.481 e. The smallest absolute Gasteiger partial charge is 0.224 e. The fourth-order valence-corrected chi connectivity index (χ4v) is 2.08. The molecule has 0 radical (unpaired) electrons. The number of ether oxygens (including phenoxy) is 2. The number of aromatic nitrogens is 2. The van der Waals surface area contributed by atoms with Crippen molar-refractivity contribution in [1.82, 2.24) is 15.3 Å². The normalized spacial score (nSPS) is 12.0. The van der Waals surface area contributed by atoms with Gasteiger partial charge in [0.05, 0.1) is 32.4 Å². The lowest BCUT2D eigenvalue weighted by molar-refractivity contribution is 0.242. The Balaban J connectivity index is 2.15. The molecular formula is C15H19N3O3. The average molecular weight is 289 g/mol. The molecule has 0 spiro atoms. The van der Waals surface area contributed by atoms with E-state index >= 15 is 0 Å². The molecule has 0 aliphatic carbocycles. The fraction of sp³-hybridized carbons (Fsp3) is 0.333. The minimum atomic E-state index is -0.180. The van der Waals surface area contributed by atoms with Crippen LogP contribution < -0.4 is 14.8 Å². The van der Waals surface area contributed by atoms with E-state index in [9.17, 15) is 5.11 Å². The van der Waals surface area contributed by atoms with E-state index < -0.39 is 0 Å². The quantitative estimate of drug-likeness (QED) is 0.800. The summed E-state index contributed by atoms with van der Waals surface area (Å²) in [4.78, 5) is 8.13. The van der Waals surface area contributed by atoms with Crippen LogP contribution in [0.25, 0.3) is 0 Å². The molecule has 2 rings (SSSR count). The van der Waals surface area contributed by atoms with Crippen molar-refractivity contribution in [3.05, 3.63) is 47.8 Å². The Hall–Kier alpha value is -2.18. The highest BCUT2D eigenvalue weighted by Gasteiger charge is 2.16. The lowest BCUT2D eigenvalue weighted by atomic mass is 10.1. The Morgan fingerprint density at radius 2 is 1.71 bits per heavy atom. The molecule has 0 bridgehead atoms. The Kier molecular flexibility index (Phi) is 5.48. The zero-order valence-electron chi connectivity index (χ0n) is 12.1. The SMILES string of the molecule is COc1ncnc(OC)c1CN[C@H](CO)c1ccccc1. The number of nitrogens with zero attached hydrogens (tertiary/aromatic N) is 2. The molecule has 0 aliphatic rings. The Bertz CT molecular complexity index is 541. The first-order chi connectivity index (χ1) is 10.3. The lowest BCUT2D eigenvalue weighted by Gasteiger charge is -2.18. The Morgan fingerprint density at radius 3 is 2.24 bits per heavy atom. The van der Waals surface area contributed by atoms with Crippen LogP contribution in [0.5, 0.6) is 11.8 Å². The summed E-state index contributed by atoms with van der Waals surface area (Å²) >= 11 is 0. The second kappa shape index (κ2) is 7.56. The Labute approximate surface area is 123 Å². The maximum atomic E-state index is 9.55. The van der Waals surface area contributed by atoms with Gasteiger partial charge in [-0.2, -0.15) is 0 Å². The molecule has 0 fully saturated rings. The fourth-order valence-electron chi connectivity index (χ4n) is 2.08. The molecule has 2 aromatic rings. The van der Waals surface area contributed by atoms with Gasteiger partial charge in [-0.1, -0.05) is 30.3 Å². The molecule has 6 nitrogen and oxygen atoms in total. The van der Waals surface area contributed by atoms with Crippen molar-refractivity contribution in [2.75, 3.05) is 20.8 Å². The van der Waals surface area contributed by atoms with Gasteiger partial charge < -0.3 is 19.9 Å². The zero-order valence-corrected chi connectivity index (χ0v) is 12.1. The first-order valence-corrected chi connectivity index (χ1v) is 6.61. The van der Waals surface area contributed by atoms with Gasteiger partial charge in [0, 0.05) is 6.54 Å². The molecule has 1 aromatic carbocycles. The lowest BCUT2D eigenvalue weighted by Crippen LogP contribution is -2.24. The van der Waals surface area contributed by atoms with Gasteiger partial charge in [0.25, 0.3) is 0 Å². The predicted octanol–water partition coefficient (Wildman–Crippen LogP) is 1.32. The monoisotopic (exact) mass is 289 g/mol. The van der Waals surface area contributed by atoms with Crippen LogP contribution in [0.1, 0.15) is 17.2 Å². The molecule has 2 N–H and O–H groups in total. The van der Waals surface area contributed by atoms with E-state index in [0.717, 1.165) is 11.1 Å². The van der Waals surface area contributed by atoms with E-state index in [-0.39, 0.29) is 12.6 Å². The van der Waals surface area contributed by atoms with Gasteiger partial charge in [-0.05, 0) is 5.56 Å². The van der Waals surface area contributed by atoms with E-state index in [0.29, 0.717) is 18.3 Å². The maximum absolute atomic E-state index is 9.55. The third-order valence-corrected chi connectivity index (χ3v) is 3.16. The molecule has 0 saturated heterocycles. The number of aliphatic hydroxyl groups excluding tert-OH is 1. The second-order valence-corrected chi connectivity index (χ2v) is 4.40. The molecule has 21 heavy (non-hydrogen) atoms. The predicted molar refractivity (Wildman–Crippen MR) is 78.2 cm³/mol. The van der Waals surface area contributed by atoms with E-state index in [2.05, 4.69) is 15.3 Å². The highest BCUT2D eigenvalue weighted by molar-refractivity contribution is 5.34. The van der Waals surface area contributed by atoms with E-state index in [4.69, 9.17) is 9.47 Å². The molecule has 0 saturated carbocycles. The minimum absolute atomic E-state index is 0.0116. The third kappa shape index (κ3) is 3.68. The summed E-state index contributed by atoms with van der Waals surface area (Å²) in [6.07, 6.45) is 1.39. The number of nitrogens with one attached hydrogen (secondary N) is 1. The van der Waals surface area contributed by atoms with Crippen LogP contribution in [0, 0.1) is 0 Å². The van der Waals surface area contributed by atoms with Gasteiger partial charge in [0.2, 0.25) is 11.8 Å². The molecule has 1 heterocycles. The van der Waals surface area contributed by atoms with Crippen LogP contribution in [0.4, 0.5) is 0 Å². The summed E-state index contributed by atoms with van der Waals surface area (Å²) in [6, 6.07) is 9.56. The van der Waals surface area contributed by atoms with E-state index in [1.807, 2.05) is 30.3 Å². The van der Waals surface area contributed by atoms with E-state index in [1.54, 1.807) is 14.2 Å². The molecule has 6 heteroatoms. The summed E-state index contributed by atoms with van der Waals surface area (Å²) in [5.41, 5.74) is 1.73. The molecule has 0 amide bonds. The zero-order chi connectivity index (χ0) is 15.1. The van der Waals surface area contributed by atoms with Crippen LogP contribution in [0.3, 0.4) is 0 Å². The minimum Gasteiger partial charge on any atom is -0.481 e. The van der Waals surface area contributed by atoms with Crippen molar-refractivity contribution in [2.45, 2.75) is 12.6 Å². The number of rotatable bonds is 7. The Morgan fingerprint density at radius 1 is 1.10 bits per heavy atom. The summed E-state index contributed by atoms with van der Waals surface area (Å²) in [5.74, 6) is 0.915. The topological polar surface area (TPSA) is 76.5 Å². The van der Waals surface area contributed by atoms with Gasteiger partial charge in [-0.25, -0.2) is 9.97 Å². The van der Waals surface area contributed by atoms with Gasteiger partial charge >= 0.3 is 0 Å². The van der Waals surface area contributed by atoms with Crippen LogP contribution >= 0.6 is 0 Å². The van der Waals surface area contributed by atoms with Crippen molar-refractivity contribution in [2.24, 2.45) is 0 Å². The molecule has 1 aromatic heterocycles. The van der Waals surface area contributed by atoms with Gasteiger partial charge in [-0.3, -0.25) is 0 Å². The number of hydrogen-bond acceptors (Lipinski definition) is 6. The number of aliphatic hydroxyl groups is 1. The first kappa shape index (κ1) is 15.2. The third-order valence-electron chi connectivity index (χ3n) is 3.16. The number of hydrogen-bond donors (Lipinski definition) is 2.